The van der Waals surface area contributed by atoms with Crippen LogP contribution in [0.5, 0.6) is 11.5 Å². The minimum atomic E-state index is -0.844. The monoisotopic (exact) mass is 287 g/mol. The van der Waals surface area contributed by atoms with Crippen molar-refractivity contribution in [2.75, 3.05) is 13.2 Å². The SMILES string of the molecule is N#Cc1ccc(OCC(O)COc2ccccc2)cc1F. The van der Waals surface area contributed by atoms with Gasteiger partial charge in [0.1, 0.15) is 42.7 Å². The Morgan fingerprint density at radius 1 is 1.05 bits per heavy atom. The van der Waals surface area contributed by atoms with Crippen LogP contribution in [0.1, 0.15) is 5.56 Å². The fraction of sp³-hybridized carbons (Fsp3) is 0.188. The van der Waals surface area contributed by atoms with E-state index in [-0.39, 0.29) is 24.5 Å². The van der Waals surface area contributed by atoms with Crippen LogP contribution in [0, 0.1) is 17.1 Å². The van der Waals surface area contributed by atoms with Crippen molar-refractivity contribution in [3.8, 4) is 17.6 Å². The molecule has 0 bridgehead atoms. The molecule has 2 rings (SSSR count). The molecular weight excluding hydrogens is 273 g/mol. The highest BCUT2D eigenvalue weighted by molar-refractivity contribution is 5.36. The molecule has 21 heavy (non-hydrogen) atoms. The molecule has 1 N–H and O–H groups in total. The first kappa shape index (κ1) is 14.8. The summed E-state index contributed by atoms with van der Waals surface area (Å²) >= 11 is 0. The summed E-state index contributed by atoms with van der Waals surface area (Å²) in [6, 6.07) is 14.7. The Labute approximate surface area is 122 Å². The number of nitrogens with zero attached hydrogens (tertiary/aromatic N) is 1. The predicted molar refractivity (Wildman–Crippen MR) is 74.6 cm³/mol. The number of nitriles is 1. The van der Waals surface area contributed by atoms with Crippen LogP contribution in [0.4, 0.5) is 4.39 Å². The van der Waals surface area contributed by atoms with E-state index in [9.17, 15) is 9.50 Å². The molecular formula is C16H14FNO3. The zero-order valence-electron chi connectivity index (χ0n) is 11.2. The highest BCUT2D eigenvalue weighted by atomic mass is 19.1. The van der Waals surface area contributed by atoms with Crippen LogP contribution >= 0.6 is 0 Å². The topological polar surface area (TPSA) is 62.5 Å². The van der Waals surface area contributed by atoms with Crippen molar-refractivity contribution in [2.24, 2.45) is 0 Å². The van der Waals surface area contributed by atoms with Crippen molar-refractivity contribution < 1.29 is 19.0 Å². The van der Waals surface area contributed by atoms with E-state index in [1.54, 1.807) is 18.2 Å². The van der Waals surface area contributed by atoms with E-state index in [2.05, 4.69) is 0 Å². The molecule has 0 aliphatic carbocycles. The number of benzene rings is 2. The van der Waals surface area contributed by atoms with Crippen LogP contribution in [0.25, 0.3) is 0 Å². The van der Waals surface area contributed by atoms with E-state index in [1.165, 1.54) is 12.1 Å². The van der Waals surface area contributed by atoms with Crippen LogP contribution in [-0.2, 0) is 0 Å². The van der Waals surface area contributed by atoms with Crippen LogP contribution in [-0.4, -0.2) is 24.4 Å². The maximum absolute atomic E-state index is 13.4. The summed E-state index contributed by atoms with van der Waals surface area (Å²) in [4.78, 5) is 0. The second-order valence-corrected chi connectivity index (χ2v) is 4.34. The lowest BCUT2D eigenvalue weighted by molar-refractivity contribution is 0.0625. The second-order valence-electron chi connectivity index (χ2n) is 4.34. The predicted octanol–water partition coefficient (Wildman–Crippen LogP) is 2.52. The normalized spacial score (nSPS) is 11.5. The van der Waals surface area contributed by atoms with Gasteiger partial charge in [0.2, 0.25) is 0 Å². The first-order valence-corrected chi connectivity index (χ1v) is 6.37. The van der Waals surface area contributed by atoms with Crippen LogP contribution in [0.3, 0.4) is 0 Å². The standard InChI is InChI=1S/C16H14FNO3/c17-16-8-15(7-6-12(16)9-18)21-11-13(19)10-20-14-4-2-1-3-5-14/h1-8,13,19H,10-11H2. The van der Waals surface area contributed by atoms with Gasteiger partial charge in [-0.15, -0.1) is 0 Å². The summed E-state index contributed by atoms with van der Waals surface area (Å²) in [6.45, 7) is 0.0426. The van der Waals surface area contributed by atoms with Crippen LogP contribution < -0.4 is 9.47 Å². The molecule has 0 saturated carbocycles. The summed E-state index contributed by atoms with van der Waals surface area (Å²) in [5.41, 5.74) is -0.0460. The van der Waals surface area contributed by atoms with Crippen molar-refractivity contribution in [2.45, 2.75) is 6.10 Å². The highest BCUT2D eigenvalue weighted by Crippen LogP contribution is 2.16. The number of hydrogen-bond acceptors (Lipinski definition) is 4. The first-order chi connectivity index (χ1) is 10.2. The third-order valence-corrected chi connectivity index (χ3v) is 2.69. The quantitative estimate of drug-likeness (QED) is 0.886. The van der Waals surface area contributed by atoms with Crippen molar-refractivity contribution in [1.29, 1.82) is 5.26 Å². The number of aliphatic hydroxyl groups excluding tert-OH is 1. The third kappa shape index (κ3) is 4.48. The molecule has 0 aliphatic rings. The summed E-state index contributed by atoms with van der Waals surface area (Å²) < 4.78 is 24.0. The highest BCUT2D eigenvalue weighted by Gasteiger charge is 2.08. The Kier molecular flexibility index (Phi) is 5.13. The van der Waals surface area contributed by atoms with Crippen molar-refractivity contribution in [3.63, 3.8) is 0 Å². The average Bonchev–Trinajstić information content (AvgIpc) is 2.52. The molecule has 2 aromatic rings. The number of aliphatic hydroxyl groups is 1. The van der Waals surface area contributed by atoms with Gasteiger partial charge in [-0.3, -0.25) is 0 Å². The maximum atomic E-state index is 13.4. The molecule has 0 aliphatic heterocycles. The first-order valence-electron chi connectivity index (χ1n) is 6.37. The Morgan fingerprint density at radius 3 is 2.33 bits per heavy atom. The number of para-hydroxylation sites is 1. The summed E-state index contributed by atoms with van der Waals surface area (Å²) in [5.74, 6) is 0.260. The summed E-state index contributed by atoms with van der Waals surface area (Å²) in [7, 11) is 0. The average molecular weight is 287 g/mol. The Bertz CT molecular complexity index is 625. The minimum Gasteiger partial charge on any atom is -0.491 e. The molecule has 0 amide bonds. The Balaban J connectivity index is 1.80. The van der Waals surface area contributed by atoms with Crippen LogP contribution in [0.2, 0.25) is 0 Å². The lowest BCUT2D eigenvalue weighted by atomic mass is 10.2. The van der Waals surface area contributed by atoms with Crippen LogP contribution in [0.15, 0.2) is 48.5 Å². The lowest BCUT2D eigenvalue weighted by Crippen LogP contribution is -2.25. The fourth-order valence-corrected chi connectivity index (χ4v) is 1.63. The van der Waals surface area contributed by atoms with Gasteiger partial charge in [-0.25, -0.2) is 4.39 Å². The van der Waals surface area contributed by atoms with Crippen molar-refractivity contribution >= 4 is 0 Å². The van der Waals surface area contributed by atoms with Crippen molar-refractivity contribution in [3.05, 3.63) is 59.9 Å². The van der Waals surface area contributed by atoms with Crippen molar-refractivity contribution in [1.82, 2.24) is 0 Å². The van der Waals surface area contributed by atoms with Gasteiger partial charge in [0.25, 0.3) is 0 Å². The molecule has 1 unspecified atom stereocenters. The summed E-state index contributed by atoms with van der Waals surface area (Å²) in [5, 5.41) is 18.4. The molecule has 108 valence electrons. The van der Waals surface area contributed by atoms with E-state index in [0.717, 1.165) is 6.07 Å². The zero-order chi connectivity index (χ0) is 15.1. The molecule has 0 saturated heterocycles. The molecule has 0 heterocycles. The fourth-order valence-electron chi connectivity index (χ4n) is 1.63. The van der Waals surface area contributed by atoms with E-state index in [0.29, 0.717) is 5.75 Å². The van der Waals surface area contributed by atoms with Gasteiger partial charge < -0.3 is 14.6 Å². The van der Waals surface area contributed by atoms with E-state index < -0.39 is 11.9 Å². The van der Waals surface area contributed by atoms with E-state index in [4.69, 9.17) is 14.7 Å². The number of ether oxygens (including phenoxy) is 2. The van der Waals surface area contributed by atoms with Gasteiger partial charge >= 0.3 is 0 Å². The lowest BCUT2D eigenvalue weighted by Gasteiger charge is -2.13. The number of halogens is 1. The zero-order valence-corrected chi connectivity index (χ0v) is 11.2. The van der Waals surface area contributed by atoms with Gasteiger partial charge in [0, 0.05) is 6.07 Å². The largest absolute Gasteiger partial charge is 0.491 e. The van der Waals surface area contributed by atoms with Gasteiger partial charge in [-0.2, -0.15) is 5.26 Å². The van der Waals surface area contributed by atoms with Gasteiger partial charge in [0.05, 0.1) is 5.56 Å². The molecule has 0 spiro atoms. The molecule has 0 radical (unpaired) electrons. The molecule has 5 heteroatoms. The minimum absolute atomic E-state index is 0.0296. The smallest absolute Gasteiger partial charge is 0.144 e. The Morgan fingerprint density at radius 2 is 1.71 bits per heavy atom. The summed E-state index contributed by atoms with van der Waals surface area (Å²) in [6.07, 6.45) is -0.844. The van der Waals surface area contributed by atoms with Gasteiger partial charge in [-0.05, 0) is 24.3 Å². The molecule has 4 nitrogen and oxygen atoms in total. The van der Waals surface area contributed by atoms with Gasteiger partial charge in [-0.1, -0.05) is 18.2 Å². The number of hydrogen-bond donors (Lipinski definition) is 1. The van der Waals surface area contributed by atoms with Gasteiger partial charge in [0.15, 0.2) is 0 Å². The maximum Gasteiger partial charge on any atom is 0.144 e. The molecule has 1 atom stereocenters. The second kappa shape index (κ2) is 7.27. The molecule has 0 fully saturated rings. The van der Waals surface area contributed by atoms with E-state index >= 15 is 0 Å². The third-order valence-electron chi connectivity index (χ3n) is 2.69. The van der Waals surface area contributed by atoms with E-state index in [1.807, 2.05) is 18.2 Å². The number of rotatable bonds is 6. The molecule has 0 aromatic heterocycles. The Hall–Kier alpha value is -2.58. The molecule has 2 aromatic carbocycles.